The Morgan fingerprint density at radius 2 is 1.75 bits per heavy atom. The average Bonchev–Trinajstić information content (AvgIpc) is 2.39. The van der Waals surface area contributed by atoms with E-state index in [0.717, 1.165) is 13.8 Å². The lowest BCUT2D eigenvalue weighted by molar-refractivity contribution is -0.500. The molecule has 1 heterocycles. The lowest BCUT2D eigenvalue weighted by atomic mass is 9.90. The molecule has 10 heteroatoms. The summed E-state index contributed by atoms with van der Waals surface area (Å²) < 4.78 is 79.4. The predicted molar refractivity (Wildman–Crippen MR) is 71.0 cm³/mol. The van der Waals surface area contributed by atoms with Gasteiger partial charge in [-0.05, 0) is 34.1 Å². The molecule has 1 aliphatic heterocycles. The third-order valence-electron chi connectivity index (χ3n) is 3.93. The first-order chi connectivity index (χ1) is 10.5. The van der Waals surface area contributed by atoms with Crippen LogP contribution in [-0.2, 0) is 19.0 Å². The van der Waals surface area contributed by atoms with Crippen molar-refractivity contribution in [2.75, 3.05) is 6.61 Å². The molecule has 1 aliphatic rings. The zero-order valence-electron chi connectivity index (χ0n) is 14.0. The summed E-state index contributed by atoms with van der Waals surface area (Å²) in [6.45, 7) is 5.34. The summed E-state index contributed by atoms with van der Waals surface area (Å²) in [5.74, 6) is -10.2. The van der Waals surface area contributed by atoms with Crippen LogP contribution in [0.2, 0.25) is 0 Å². The van der Waals surface area contributed by atoms with Crippen LogP contribution >= 0.6 is 0 Å². The van der Waals surface area contributed by atoms with Crippen molar-refractivity contribution in [3.05, 3.63) is 0 Å². The second-order valence-corrected chi connectivity index (χ2v) is 6.84. The highest BCUT2D eigenvalue weighted by Gasteiger charge is 2.74. The lowest BCUT2D eigenvalue weighted by Gasteiger charge is -2.46. The summed E-state index contributed by atoms with van der Waals surface area (Å²) in [6.07, 6.45) is -7.44. The maximum atomic E-state index is 13.5. The number of halogens is 5. The van der Waals surface area contributed by atoms with Crippen molar-refractivity contribution in [2.45, 2.75) is 70.8 Å². The van der Waals surface area contributed by atoms with Gasteiger partial charge in [-0.15, -0.1) is 0 Å². The highest BCUT2D eigenvalue weighted by atomic mass is 19.4. The summed E-state index contributed by atoms with van der Waals surface area (Å²) in [5.41, 5.74) is -2.80. The predicted octanol–water partition coefficient (Wildman–Crippen LogP) is 3.00. The Morgan fingerprint density at radius 1 is 1.25 bits per heavy atom. The Hall–Kier alpha value is -1.00. The molecule has 1 fully saturated rings. The Morgan fingerprint density at radius 3 is 2.17 bits per heavy atom. The monoisotopic (exact) mass is 364 g/mol. The van der Waals surface area contributed by atoms with Crippen LogP contribution in [0.1, 0.15) is 41.0 Å². The van der Waals surface area contributed by atoms with Gasteiger partial charge in [0.25, 0.3) is 0 Å². The number of esters is 1. The van der Waals surface area contributed by atoms with Crippen molar-refractivity contribution >= 4 is 5.97 Å². The fraction of sp³-hybridized carbons (Fsp3) is 0.929. The third-order valence-corrected chi connectivity index (χ3v) is 3.93. The molecule has 5 nitrogen and oxygen atoms in total. The summed E-state index contributed by atoms with van der Waals surface area (Å²) in [5, 5.41) is 9.39. The molecule has 0 spiro atoms. The number of hydrogen-bond acceptors (Lipinski definition) is 5. The van der Waals surface area contributed by atoms with Crippen LogP contribution in [0.25, 0.3) is 0 Å². The molecule has 24 heavy (non-hydrogen) atoms. The van der Waals surface area contributed by atoms with Crippen molar-refractivity contribution < 1.29 is 46.1 Å². The lowest BCUT2D eigenvalue weighted by Crippen LogP contribution is -2.69. The van der Waals surface area contributed by atoms with Gasteiger partial charge in [0.05, 0.1) is 5.41 Å². The van der Waals surface area contributed by atoms with Crippen LogP contribution in [0.5, 0.6) is 0 Å². The Kier molecular flexibility index (Phi) is 5.32. The van der Waals surface area contributed by atoms with E-state index in [1.54, 1.807) is 20.8 Å². The van der Waals surface area contributed by atoms with E-state index >= 15 is 0 Å². The molecule has 2 unspecified atom stereocenters. The molecule has 0 amide bonds. The normalized spacial score (nSPS) is 28.5. The molecule has 0 saturated carbocycles. The van der Waals surface area contributed by atoms with Gasteiger partial charge in [0.2, 0.25) is 6.29 Å². The fourth-order valence-electron chi connectivity index (χ4n) is 1.74. The Balaban J connectivity index is 3.05. The zero-order valence-corrected chi connectivity index (χ0v) is 14.0. The van der Waals surface area contributed by atoms with E-state index in [-0.39, 0.29) is 0 Å². The number of ether oxygens (including phenoxy) is 3. The summed E-state index contributed by atoms with van der Waals surface area (Å²) in [4.78, 5) is 12.1. The minimum Gasteiger partial charge on any atom is -0.454 e. The summed E-state index contributed by atoms with van der Waals surface area (Å²) in [7, 11) is 0. The first-order valence-electron chi connectivity index (χ1n) is 7.20. The van der Waals surface area contributed by atoms with E-state index in [2.05, 4.69) is 9.47 Å². The van der Waals surface area contributed by atoms with Crippen molar-refractivity contribution in [1.29, 1.82) is 0 Å². The van der Waals surface area contributed by atoms with E-state index in [9.17, 15) is 31.9 Å². The van der Waals surface area contributed by atoms with E-state index in [0.29, 0.717) is 6.42 Å². The topological polar surface area (TPSA) is 65.0 Å². The van der Waals surface area contributed by atoms with Crippen molar-refractivity contribution in [3.8, 4) is 0 Å². The molecule has 0 bridgehead atoms. The summed E-state index contributed by atoms with van der Waals surface area (Å²) >= 11 is 0. The van der Waals surface area contributed by atoms with E-state index < -0.39 is 47.8 Å². The quantitative estimate of drug-likeness (QED) is 0.614. The van der Waals surface area contributed by atoms with Gasteiger partial charge in [0.1, 0.15) is 6.61 Å². The van der Waals surface area contributed by atoms with Gasteiger partial charge in [-0.25, -0.2) is 0 Å². The number of hydrogen-bond donors (Lipinski definition) is 1. The number of rotatable bonds is 4. The minimum absolute atomic E-state index is 0.374. The van der Waals surface area contributed by atoms with Crippen LogP contribution in [0.15, 0.2) is 0 Å². The molecule has 0 aliphatic carbocycles. The van der Waals surface area contributed by atoms with Gasteiger partial charge in [-0.3, -0.25) is 4.79 Å². The van der Waals surface area contributed by atoms with E-state index in [4.69, 9.17) is 4.74 Å². The largest absolute Gasteiger partial charge is 0.454 e. The number of carbonyl (C=O) groups is 1. The second kappa shape index (κ2) is 6.06. The maximum absolute atomic E-state index is 13.5. The first-order valence-corrected chi connectivity index (χ1v) is 7.20. The molecule has 0 aromatic carbocycles. The Bertz CT molecular complexity index is 488. The van der Waals surface area contributed by atoms with Gasteiger partial charge < -0.3 is 19.3 Å². The van der Waals surface area contributed by atoms with Crippen LogP contribution < -0.4 is 0 Å². The molecule has 0 aromatic rings. The highest BCUT2D eigenvalue weighted by Crippen LogP contribution is 2.48. The molecule has 1 N–H and O–H groups in total. The zero-order chi connectivity index (χ0) is 19.2. The summed E-state index contributed by atoms with van der Waals surface area (Å²) in [6, 6.07) is 0. The molecule has 1 rings (SSSR count). The van der Waals surface area contributed by atoms with E-state index in [1.165, 1.54) is 0 Å². The van der Waals surface area contributed by atoms with Crippen LogP contribution in [0.4, 0.5) is 22.0 Å². The van der Waals surface area contributed by atoms with Gasteiger partial charge in [0.15, 0.2) is 5.60 Å². The molecular weight excluding hydrogens is 343 g/mol. The average molecular weight is 364 g/mol. The van der Waals surface area contributed by atoms with Gasteiger partial charge in [-0.2, -0.15) is 22.0 Å². The van der Waals surface area contributed by atoms with Crippen molar-refractivity contribution in [3.63, 3.8) is 0 Å². The van der Waals surface area contributed by atoms with Crippen LogP contribution in [0, 0.1) is 5.41 Å². The first kappa shape index (κ1) is 21.0. The van der Waals surface area contributed by atoms with Crippen LogP contribution in [0.3, 0.4) is 0 Å². The Labute approximate surface area is 136 Å². The van der Waals surface area contributed by atoms with Gasteiger partial charge >= 0.3 is 23.9 Å². The molecule has 0 radical (unpaired) electrons. The molecule has 142 valence electrons. The number of alkyl halides is 5. The van der Waals surface area contributed by atoms with Crippen molar-refractivity contribution in [1.82, 2.24) is 0 Å². The molecule has 0 aromatic heterocycles. The molecule has 2 atom stereocenters. The highest BCUT2D eigenvalue weighted by molar-refractivity contribution is 5.76. The third kappa shape index (κ3) is 3.65. The molecule has 1 saturated heterocycles. The van der Waals surface area contributed by atoms with E-state index in [1.807, 2.05) is 0 Å². The second-order valence-electron chi connectivity index (χ2n) is 6.84. The van der Waals surface area contributed by atoms with Gasteiger partial charge in [0, 0.05) is 0 Å². The maximum Gasteiger partial charge on any atom is 0.449 e. The minimum atomic E-state index is -5.78. The SMILES string of the molecule is CCC(C)(C)C(=O)OC(C)(C)C1OCC(F)(F)C(O)(C(F)(F)F)O1. The molecular formula is C14H21F5O5. The van der Waals surface area contributed by atoms with Crippen LogP contribution in [-0.4, -0.2) is 47.5 Å². The standard InChI is InChI=1S/C14H21F5O5/c1-6-10(2,3)8(20)23-11(4,5)9-22-7-12(15,16)13(21,24-9)14(17,18)19/h9,21H,6-7H2,1-5H3. The number of carbonyl (C=O) groups excluding carboxylic acids is 1. The van der Waals surface area contributed by atoms with Crippen molar-refractivity contribution in [2.24, 2.45) is 5.41 Å². The smallest absolute Gasteiger partial charge is 0.449 e. The fourth-order valence-corrected chi connectivity index (χ4v) is 1.74. The van der Waals surface area contributed by atoms with Gasteiger partial charge in [-0.1, -0.05) is 6.92 Å². The number of aliphatic hydroxyl groups is 1.